The third-order valence-corrected chi connectivity index (χ3v) is 5.35. The van der Waals surface area contributed by atoms with Crippen LogP contribution in [0, 0.1) is 0 Å². The standard InChI is InChI=1S/C21H18N2O3S/c24-20(23-11-10-15-6-4-5-9-17(15)12-23)18-14-27-19(22-18)13-26-21(25)16-7-2-1-3-8-16/h1-9,14H,10-13H2. The molecular weight excluding hydrogens is 360 g/mol. The van der Waals surface area contributed by atoms with Crippen LogP contribution in [-0.2, 0) is 24.3 Å². The largest absolute Gasteiger partial charge is 0.455 e. The molecule has 136 valence electrons. The van der Waals surface area contributed by atoms with Crippen molar-refractivity contribution in [2.75, 3.05) is 6.54 Å². The molecule has 0 saturated heterocycles. The third-order valence-electron chi connectivity index (χ3n) is 4.52. The van der Waals surface area contributed by atoms with Crippen LogP contribution < -0.4 is 0 Å². The van der Waals surface area contributed by atoms with Crippen LogP contribution in [0.25, 0.3) is 0 Å². The van der Waals surface area contributed by atoms with E-state index in [1.165, 1.54) is 22.5 Å². The summed E-state index contributed by atoms with van der Waals surface area (Å²) in [5.41, 5.74) is 3.39. The van der Waals surface area contributed by atoms with Crippen LogP contribution in [0.2, 0.25) is 0 Å². The van der Waals surface area contributed by atoms with Crippen LogP contribution in [-0.4, -0.2) is 28.3 Å². The van der Waals surface area contributed by atoms with Crippen LogP contribution in [0.4, 0.5) is 0 Å². The molecular formula is C21H18N2O3S. The second kappa shape index (κ2) is 7.72. The summed E-state index contributed by atoms with van der Waals surface area (Å²) in [6.45, 7) is 1.35. The maximum Gasteiger partial charge on any atom is 0.338 e. The van der Waals surface area contributed by atoms with Crippen LogP contribution in [0.15, 0.2) is 60.0 Å². The number of nitrogens with zero attached hydrogens (tertiary/aromatic N) is 2. The highest BCUT2D eigenvalue weighted by Gasteiger charge is 2.23. The average Bonchev–Trinajstić information content (AvgIpc) is 3.21. The molecule has 0 fully saturated rings. The Morgan fingerprint density at radius 1 is 1.04 bits per heavy atom. The molecule has 2 aromatic carbocycles. The van der Waals surface area contributed by atoms with Gasteiger partial charge < -0.3 is 9.64 Å². The maximum atomic E-state index is 12.7. The molecule has 0 aliphatic carbocycles. The van der Waals surface area contributed by atoms with Crippen molar-refractivity contribution in [3.05, 3.63) is 87.4 Å². The molecule has 1 aliphatic heterocycles. The lowest BCUT2D eigenvalue weighted by Crippen LogP contribution is -2.36. The van der Waals surface area contributed by atoms with E-state index in [4.69, 9.17) is 4.74 Å². The maximum absolute atomic E-state index is 12.7. The van der Waals surface area contributed by atoms with Gasteiger partial charge in [0.2, 0.25) is 0 Å². The molecule has 0 saturated carbocycles. The first kappa shape index (κ1) is 17.4. The molecule has 1 aromatic heterocycles. The fourth-order valence-corrected chi connectivity index (χ4v) is 3.77. The van der Waals surface area contributed by atoms with Crippen molar-refractivity contribution in [1.29, 1.82) is 0 Å². The first-order valence-corrected chi connectivity index (χ1v) is 9.61. The second-order valence-electron chi connectivity index (χ2n) is 6.31. The van der Waals surface area contributed by atoms with Gasteiger partial charge in [0, 0.05) is 18.5 Å². The minimum Gasteiger partial charge on any atom is -0.455 e. The number of thiazole rings is 1. The molecule has 0 spiro atoms. The zero-order valence-corrected chi connectivity index (χ0v) is 15.4. The highest BCUT2D eigenvalue weighted by atomic mass is 32.1. The molecule has 1 amide bonds. The van der Waals surface area contributed by atoms with Gasteiger partial charge in [0.1, 0.15) is 17.3 Å². The van der Waals surface area contributed by atoms with Crippen molar-refractivity contribution in [2.24, 2.45) is 0 Å². The van der Waals surface area contributed by atoms with Gasteiger partial charge in [-0.25, -0.2) is 9.78 Å². The Bertz CT molecular complexity index is 968. The topological polar surface area (TPSA) is 59.5 Å². The van der Waals surface area contributed by atoms with E-state index in [1.54, 1.807) is 29.6 Å². The third kappa shape index (κ3) is 3.90. The number of aromatic nitrogens is 1. The Balaban J connectivity index is 1.38. The molecule has 0 bridgehead atoms. The summed E-state index contributed by atoms with van der Waals surface area (Å²) in [7, 11) is 0. The summed E-state index contributed by atoms with van der Waals surface area (Å²) in [5.74, 6) is -0.479. The van der Waals surface area contributed by atoms with Gasteiger partial charge in [0.25, 0.3) is 5.91 Å². The fourth-order valence-electron chi connectivity index (χ4n) is 3.09. The lowest BCUT2D eigenvalue weighted by Gasteiger charge is -2.28. The highest BCUT2D eigenvalue weighted by molar-refractivity contribution is 7.09. The number of benzene rings is 2. The van der Waals surface area contributed by atoms with Crippen molar-refractivity contribution < 1.29 is 14.3 Å². The van der Waals surface area contributed by atoms with Gasteiger partial charge in [-0.15, -0.1) is 11.3 Å². The minimum absolute atomic E-state index is 0.0640. The molecule has 0 radical (unpaired) electrons. The number of rotatable bonds is 4. The molecule has 0 atom stereocenters. The Labute approximate surface area is 161 Å². The van der Waals surface area contributed by atoms with E-state index in [9.17, 15) is 9.59 Å². The molecule has 27 heavy (non-hydrogen) atoms. The molecule has 3 aromatic rings. The first-order chi connectivity index (χ1) is 13.2. The number of fused-ring (bicyclic) bond motifs is 1. The zero-order chi connectivity index (χ0) is 18.6. The number of carbonyl (C=O) groups excluding carboxylic acids is 2. The van der Waals surface area contributed by atoms with Crippen LogP contribution >= 0.6 is 11.3 Å². The number of esters is 1. The van der Waals surface area contributed by atoms with E-state index >= 15 is 0 Å². The molecule has 2 heterocycles. The van der Waals surface area contributed by atoms with Gasteiger partial charge in [-0.05, 0) is 29.7 Å². The van der Waals surface area contributed by atoms with E-state index < -0.39 is 5.97 Å². The monoisotopic (exact) mass is 378 g/mol. The summed E-state index contributed by atoms with van der Waals surface area (Å²) in [6, 6.07) is 17.0. The first-order valence-electron chi connectivity index (χ1n) is 8.73. The summed E-state index contributed by atoms with van der Waals surface area (Å²) >= 11 is 1.33. The zero-order valence-electron chi connectivity index (χ0n) is 14.6. The molecule has 0 unspecified atom stereocenters. The molecule has 0 N–H and O–H groups in total. The number of carbonyl (C=O) groups is 2. The Kier molecular flexibility index (Phi) is 4.98. The minimum atomic E-state index is -0.397. The van der Waals surface area contributed by atoms with E-state index in [2.05, 4.69) is 17.1 Å². The second-order valence-corrected chi connectivity index (χ2v) is 7.26. The predicted molar refractivity (Wildman–Crippen MR) is 103 cm³/mol. The lowest BCUT2D eigenvalue weighted by atomic mass is 10.00. The van der Waals surface area contributed by atoms with Gasteiger partial charge in [-0.2, -0.15) is 0 Å². The van der Waals surface area contributed by atoms with Crippen LogP contribution in [0.1, 0.15) is 37.0 Å². The SMILES string of the molecule is O=C(OCc1nc(C(=O)N2CCc3ccccc3C2)cs1)c1ccccc1. The summed E-state index contributed by atoms with van der Waals surface area (Å²) in [4.78, 5) is 30.9. The van der Waals surface area contributed by atoms with E-state index in [0.717, 1.165) is 6.42 Å². The van der Waals surface area contributed by atoms with Crippen LogP contribution in [0.5, 0.6) is 0 Å². The Morgan fingerprint density at radius 2 is 1.78 bits per heavy atom. The molecule has 4 rings (SSSR count). The summed E-state index contributed by atoms with van der Waals surface area (Å²) in [5, 5.41) is 2.34. The highest BCUT2D eigenvalue weighted by Crippen LogP contribution is 2.21. The van der Waals surface area contributed by atoms with Crippen molar-refractivity contribution in [3.63, 3.8) is 0 Å². The van der Waals surface area contributed by atoms with E-state index in [-0.39, 0.29) is 12.5 Å². The van der Waals surface area contributed by atoms with Crippen molar-refractivity contribution >= 4 is 23.2 Å². The van der Waals surface area contributed by atoms with Crippen molar-refractivity contribution in [1.82, 2.24) is 9.88 Å². The number of hydrogen-bond acceptors (Lipinski definition) is 5. The van der Waals surface area contributed by atoms with Crippen molar-refractivity contribution in [3.8, 4) is 0 Å². The van der Waals surface area contributed by atoms with Gasteiger partial charge in [-0.1, -0.05) is 42.5 Å². The van der Waals surface area contributed by atoms with Gasteiger partial charge in [0.15, 0.2) is 0 Å². The molecule has 5 nitrogen and oxygen atoms in total. The van der Waals surface area contributed by atoms with Crippen molar-refractivity contribution in [2.45, 2.75) is 19.6 Å². The van der Waals surface area contributed by atoms with Crippen LogP contribution in [0.3, 0.4) is 0 Å². The lowest BCUT2D eigenvalue weighted by molar-refractivity contribution is 0.0472. The molecule has 6 heteroatoms. The summed E-state index contributed by atoms with van der Waals surface area (Å²) < 4.78 is 5.28. The van der Waals surface area contributed by atoms with Gasteiger partial charge in [0.05, 0.1) is 5.56 Å². The average molecular weight is 378 g/mol. The quantitative estimate of drug-likeness (QED) is 0.650. The predicted octanol–water partition coefficient (Wildman–Crippen LogP) is 3.70. The fraction of sp³-hybridized carbons (Fsp3) is 0.190. The summed E-state index contributed by atoms with van der Waals surface area (Å²) in [6.07, 6.45) is 0.855. The smallest absolute Gasteiger partial charge is 0.338 e. The number of hydrogen-bond donors (Lipinski definition) is 0. The van der Waals surface area contributed by atoms with E-state index in [0.29, 0.717) is 29.4 Å². The Morgan fingerprint density at radius 3 is 2.59 bits per heavy atom. The number of amides is 1. The van der Waals surface area contributed by atoms with Gasteiger partial charge >= 0.3 is 5.97 Å². The van der Waals surface area contributed by atoms with E-state index in [1.807, 2.05) is 23.1 Å². The molecule has 1 aliphatic rings. The number of ether oxygens (including phenoxy) is 1. The van der Waals surface area contributed by atoms with Gasteiger partial charge in [-0.3, -0.25) is 4.79 Å². The Hall–Kier alpha value is -2.99. The normalized spacial score (nSPS) is 13.1.